The monoisotopic (exact) mass is 195 g/mol. The van der Waals surface area contributed by atoms with Crippen LogP contribution >= 0.6 is 11.3 Å². The Bertz CT molecular complexity index is 323. The van der Waals surface area contributed by atoms with Gasteiger partial charge in [-0.25, -0.2) is 4.98 Å². The maximum absolute atomic E-state index is 4.76. The molecule has 0 saturated carbocycles. The molecule has 0 saturated heterocycles. The quantitative estimate of drug-likeness (QED) is 0.668. The van der Waals surface area contributed by atoms with Gasteiger partial charge >= 0.3 is 0 Å². The van der Waals surface area contributed by atoms with Crippen LogP contribution in [0.4, 0.5) is 0 Å². The highest BCUT2D eigenvalue weighted by Gasteiger charge is 2.33. The van der Waals surface area contributed by atoms with Crippen molar-refractivity contribution in [3.8, 4) is 0 Å². The maximum Gasteiger partial charge on any atom is 0.0956 e. The SMILES string of the molecule is CC(C)c1nc2c(s1)CCC2(C)C. The van der Waals surface area contributed by atoms with E-state index in [0.29, 0.717) is 11.3 Å². The minimum atomic E-state index is 0.332. The van der Waals surface area contributed by atoms with Crippen molar-refractivity contribution in [2.45, 2.75) is 51.9 Å². The third-order valence-corrected chi connectivity index (χ3v) is 4.24. The van der Waals surface area contributed by atoms with Crippen molar-refractivity contribution in [1.82, 2.24) is 4.98 Å². The van der Waals surface area contributed by atoms with Crippen LogP contribution in [0.15, 0.2) is 0 Å². The van der Waals surface area contributed by atoms with Crippen molar-refractivity contribution in [3.63, 3.8) is 0 Å². The van der Waals surface area contributed by atoms with E-state index >= 15 is 0 Å². The molecule has 13 heavy (non-hydrogen) atoms. The summed E-state index contributed by atoms with van der Waals surface area (Å²) in [6, 6.07) is 0. The average Bonchev–Trinajstić information content (AvgIpc) is 2.53. The molecule has 0 radical (unpaired) electrons. The highest BCUT2D eigenvalue weighted by atomic mass is 32.1. The molecule has 0 spiro atoms. The molecule has 0 fully saturated rings. The standard InChI is InChI=1S/C11H17NS/c1-7(2)10-12-9-8(13-10)5-6-11(9,3)4/h7H,5-6H2,1-4H3. The number of hydrogen-bond donors (Lipinski definition) is 0. The van der Waals surface area contributed by atoms with Gasteiger partial charge in [0.05, 0.1) is 10.7 Å². The molecule has 0 amide bonds. The molecule has 0 N–H and O–H groups in total. The molecule has 0 unspecified atom stereocenters. The van der Waals surface area contributed by atoms with Crippen LogP contribution in [0.25, 0.3) is 0 Å². The number of rotatable bonds is 1. The summed E-state index contributed by atoms with van der Waals surface area (Å²) in [5, 5.41) is 1.32. The van der Waals surface area contributed by atoms with Crippen LogP contribution in [-0.4, -0.2) is 4.98 Å². The van der Waals surface area contributed by atoms with E-state index in [0.717, 1.165) is 0 Å². The predicted octanol–water partition coefficient (Wildman–Crippen LogP) is 3.49. The van der Waals surface area contributed by atoms with Crippen LogP contribution in [0.5, 0.6) is 0 Å². The summed E-state index contributed by atoms with van der Waals surface area (Å²) < 4.78 is 0. The Morgan fingerprint density at radius 2 is 2.08 bits per heavy atom. The second kappa shape index (κ2) is 2.81. The normalized spacial score (nSPS) is 19.5. The number of nitrogens with zero attached hydrogens (tertiary/aromatic N) is 1. The third-order valence-electron chi connectivity index (χ3n) is 2.83. The highest BCUT2D eigenvalue weighted by molar-refractivity contribution is 7.11. The Morgan fingerprint density at radius 3 is 2.62 bits per heavy atom. The van der Waals surface area contributed by atoms with Crippen LogP contribution in [0.2, 0.25) is 0 Å². The van der Waals surface area contributed by atoms with E-state index in [2.05, 4.69) is 27.7 Å². The number of aryl methyl sites for hydroxylation is 1. The van der Waals surface area contributed by atoms with Gasteiger partial charge < -0.3 is 0 Å². The summed E-state index contributed by atoms with van der Waals surface area (Å²) in [5.41, 5.74) is 1.71. The van der Waals surface area contributed by atoms with Gasteiger partial charge in [0, 0.05) is 16.2 Å². The molecule has 1 aromatic heterocycles. The first-order valence-corrected chi connectivity index (χ1v) is 5.82. The Morgan fingerprint density at radius 1 is 1.38 bits per heavy atom. The molecule has 0 aromatic carbocycles. The molecule has 1 heterocycles. The van der Waals surface area contributed by atoms with Gasteiger partial charge in [-0.15, -0.1) is 11.3 Å². The number of thiazole rings is 1. The topological polar surface area (TPSA) is 12.9 Å². The Labute approximate surface area is 84.2 Å². The van der Waals surface area contributed by atoms with Gasteiger partial charge in [-0.2, -0.15) is 0 Å². The Hall–Kier alpha value is -0.370. The van der Waals surface area contributed by atoms with Crippen LogP contribution in [-0.2, 0) is 11.8 Å². The van der Waals surface area contributed by atoms with E-state index in [1.54, 1.807) is 0 Å². The summed E-state index contributed by atoms with van der Waals surface area (Å²) in [6.45, 7) is 9.06. The molecule has 1 aliphatic rings. The molecule has 1 aromatic rings. The predicted molar refractivity (Wildman–Crippen MR) is 57.6 cm³/mol. The second-order valence-corrected chi connectivity index (χ2v) is 5.98. The average molecular weight is 195 g/mol. The highest BCUT2D eigenvalue weighted by Crippen LogP contribution is 2.41. The van der Waals surface area contributed by atoms with Gasteiger partial charge in [-0.1, -0.05) is 27.7 Å². The van der Waals surface area contributed by atoms with Crippen molar-refractivity contribution < 1.29 is 0 Å². The lowest BCUT2D eigenvalue weighted by molar-refractivity contribution is 0.507. The molecule has 2 heteroatoms. The zero-order chi connectivity index (χ0) is 9.64. The molecule has 0 aliphatic heterocycles. The van der Waals surface area contributed by atoms with E-state index in [-0.39, 0.29) is 0 Å². The third kappa shape index (κ3) is 1.41. The first-order chi connectivity index (χ1) is 6.00. The molecule has 0 bridgehead atoms. The second-order valence-electron chi connectivity index (χ2n) is 4.86. The smallest absolute Gasteiger partial charge is 0.0956 e. The molecule has 1 aliphatic carbocycles. The Kier molecular flexibility index (Phi) is 1.99. The summed E-state index contributed by atoms with van der Waals surface area (Å²) in [4.78, 5) is 6.30. The summed E-state index contributed by atoms with van der Waals surface area (Å²) in [7, 11) is 0. The van der Waals surface area contributed by atoms with Gasteiger partial charge in [0.1, 0.15) is 0 Å². The fourth-order valence-electron chi connectivity index (χ4n) is 1.86. The van der Waals surface area contributed by atoms with Gasteiger partial charge in [-0.05, 0) is 12.8 Å². The fraction of sp³-hybridized carbons (Fsp3) is 0.727. The minimum absolute atomic E-state index is 0.332. The molecular weight excluding hydrogens is 178 g/mol. The van der Waals surface area contributed by atoms with Gasteiger partial charge in [0.25, 0.3) is 0 Å². The fourth-order valence-corrected chi connectivity index (χ4v) is 3.11. The maximum atomic E-state index is 4.76. The molecular formula is C11H17NS. The van der Waals surface area contributed by atoms with Gasteiger partial charge in [-0.3, -0.25) is 0 Å². The lowest BCUT2D eigenvalue weighted by atomic mass is 9.91. The number of hydrogen-bond acceptors (Lipinski definition) is 2. The van der Waals surface area contributed by atoms with Crippen molar-refractivity contribution in [2.24, 2.45) is 0 Å². The molecule has 72 valence electrons. The first kappa shape index (κ1) is 9.20. The van der Waals surface area contributed by atoms with Crippen molar-refractivity contribution in [3.05, 3.63) is 15.6 Å². The van der Waals surface area contributed by atoms with Gasteiger partial charge in [0.2, 0.25) is 0 Å². The van der Waals surface area contributed by atoms with Crippen LogP contribution in [0.3, 0.4) is 0 Å². The minimum Gasteiger partial charge on any atom is -0.245 e. The summed E-state index contributed by atoms with van der Waals surface area (Å²) >= 11 is 1.92. The number of fused-ring (bicyclic) bond motifs is 1. The van der Waals surface area contributed by atoms with E-state index < -0.39 is 0 Å². The molecule has 2 rings (SSSR count). The molecule has 1 nitrogen and oxygen atoms in total. The Balaban J connectivity index is 2.42. The zero-order valence-corrected chi connectivity index (χ0v) is 9.66. The summed E-state index contributed by atoms with van der Waals surface area (Å²) in [6.07, 6.45) is 2.52. The van der Waals surface area contributed by atoms with Crippen molar-refractivity contribution in [1.29, 1.82) is 0 Å². The van der Waals surface area contributed by atoms with Crippen molar-refractivity contribution >= 4 is 11.3 Å². The van der Waals surface area contributed by atoms with Crippen LogP contribution in [0.1, 0.15) is 55.6 Å². The van der Waals surface area contributed by atoms with E-state index in [1.165, 1.54) is 28.4 Å². The van der Waals surface area contributed by atoms with E-state index in [9.17, 15) is 0 Å². The van der Waals surface area contributed by atoms with Gasteiger partial charge in [0.15, 0.2) is 0 Å². The van der Waals surface area contributed by atoms with E-state index in [1.807, 2.05) is 11.3 Å². The number of aromatic nitrogens is 1. The molecule has 0 atom stereocenters. The summed E-state index contributed by atoms with van der Waals surface area (Å²) in [5.74, 6) is 0.589. The zero-order valence-electron chi connectivity index (χ0n) is 8.85. The van der Waals surface area contributed by atoms with Crippen molar-refractivity contribution in [2.75, 3.05) is 0 Å². The van der Waals surface area contributed by atoms with Crippen LogP contribution < -0.4 is 0 Å². The lowest BCUT2D eigenvalue weighted by Crippen LogP contribution is -2.13. The first-order valence-electron chi connectivity index (χ1n) is 5.01. The van der Waals surface area contributed by atoms with E-state index in [4.69, 9.17) is 4.98 Å². The largest absolute Gasteiger partial charge is 0.245 e. The lowest BCUT2D eigenvalue weighted by Gasteiger charge is -2.15. The van der Waals surface area contributed by atoms with Crippen LogP contribution in [0, 0.1) is 0 Å².